The van der Waals surface area contributed by atoms with E-state index in [9.17, 15) is 14.0 Å². The van der Waals surface area contributed by atoms with Gasteiger partial charge in [0.15, 0.2) is 0 Å². The minimum Gasteiger partial charge on any atom is -0.459 e. The summed E-state index contributed by atoms with van der Waals surface area (Å²) in [5, 5.41) is 4.34. The van der Waals surface area contributed by atoms with Crippen LogP contribution in [0.1, 0.15) is 29.8 Å². The fraction of sp³-hybridized carbons (Fsp3) is 0.292. The lowest BCUT2D eigenvalue weighted by Crippen LogP contribution is -2.39. The summed E-state index contributed by atoms with van der Waals surface area (Å²) in [7, 11) is -1.94. The van der Waals surface area contributed by atoms with Gasteiger partial charge >= 0.3 is 5.97 Å². The second kappa shape index (κ2) is 8.70. The molecule has 0 atom stereocenters. The van der Waals surface area contributed by atoms with E-state index in [1.54, 1.807) is 32.9 Å². The number of anilines is 1. The average molecular weight is 454 g/mol. The van der Waals surface area contributed by atoms with Gasteiger partial charge in [-0.15, -0.1) is 0 Å². The monoisotopic (exact) mass is 453 g/mol. The summed E-state index contributed by atoms with van der Waals surface area (Å²) in [6, 6.07) is 4.91. The average Bonchev–Trinajstić information content (AvgIpc) is 3.09. The minimum atomic E-state index is -1.94. The van der Waals surface area contributed by atoms with E-state index in [4.69, 9.17) is 4.74 Å². The Bertz CT molecular complexity index is 1230. The smallest absolute Gasteiger partial charge is 0.339 e. The third-order valence-electron chi connectivity index (χ3n) is 5.06. The Kier molecular flexibility index (Phi) is 6.36. The summed E-state index contributed by atoms with van der Waals surface area (Å²) in [6.07, 6.45) is 2.36. The number of aromatic amines is 1. The molecule has 0 aliphatic carbocycles. The van der Waals surface area contributed by atoms with Gasteiger partial charge in [-0.2, -0.15) is 0 Å². The molecule has 0 aliphatic rings. The zero-order chi connectivity index (χ0) is 23.8. The Morgan fingerprint density at radius 3 is 2.53 bits per heavy atom. The third kappa shape index (κ3) is 4.65. The Balaban J connectivity index is 2.29. The van der Waals surface area contributed by atoms with Crippen LogP contribution in [-0.4, -0.2) is 36.0 Å². The van der Waals surface area contributed by atoms with E-state index in [1.165, 1.54) is 12.3 Å². The molecule has 0 spiro atoms. The number of amides is 1. The van der Waals surface area contributed by atoms with E-state index in [0.29, 0.717) is 33.4 Å². The van der Waals surface area contributed by atoms with E-state index in [-0.39, 0.29) is 6.10 Å². The third-order valence-corrected chi connectivity index (χ3v) is 6.93. The molecule has 3 rings (SSSR count). The molecule has 2 N–H and O–H groups in total. The first-order chi connectivity index (χ1) is 14.9. The number of hydrogen-bond donors (Lipinski definition) is 2. The largest absolute Gasteiger partial charge is 0.459 e. The van der Waals surface area contributed by atoms with Gasteiger partial charge in [0.1, 0.15) is 11.5 Å². The number of hydrogen-bond acceptors (Lipinski definition) is 4. The lowest BCUT2D eigenvalue weighted by molar-refractivity contribution is -0.111. The molecule has 1 aromatic carbocycles. The van der Waals surface area contributed by atoms with Gasteiger partial charge in [0.25, 0.3) is 0 Å². The highest BCUT2D eigenvalue weighted by Crippen LogP contribution is 2.33. The Labute approximate surface area is 187 Å². The highest BCUT2D eigenvalue weighted by Gasteiger charge is 2.27. The molecule has 6 nitrogen and oxygen atoms in total. The van der Waals surface area contributed by atoms with Crippen LogP contribution in [0.25, 0.3) is 22.2 Å². The number of nitrogens with one attached hydrogen (secondary N) is 2. The summed E-state index contributed by atoms with van der Waals surface area (Å²) < 4.78 is 20.2. The number of aromatic nitrogens is 2. The number of carbonyl (C=O) groups is 2. The number of rotatable bonds is 6. The molecule has 8 heteroatoms. The molecule has 0 fully saturated rings. The van der Waals surface area contributed by atoms with Crippen LogP contribution >= 0.6 is 0 Å². The highest BCUT2D eigenvalue weighted by molar-refractivity contribution is 6.89. The van der Waals surface area contributed by atoms with E-state index in [1.807, 2.05) is 0 Å². The summed E-state index contributed by atoms with van der Waals surface area (Å²) >= 11 is 0. The number of ether oxygens (including phenoxy) is 1. The second-order valence-electron chi connectivity index (χ2n) is 9.02. The van der Waals surface area contributed by atoms with Gasteiger partial charge in [-0.3, -0.25) is 4.79 Å². The summed E-state index contributed by atoms with van der Waals surface area (Å²) in [5.74, 6) is -1.33. The minimum absolute atomic E-state index is 0.261. The SMILES string of the molecule is C=CC(=O)Nc1cc(-c2c([Si](C)(C)C)[nH]c3ncc(C(=O)OC(C)C)cc23)cc(F)c1C. The number of benzene rings is 1. The molecule has 2 heterocycles. The van der Waals surface area contributed by atoms with Crippen LogP contribution in [0.4, 0.5) is 10.1 Å². The first-order valence-corrected chi connectivity index (χ1v) is 13.9. The fourth-order valence-corrected chi connectivity index (χ4v) is 4.99. The van der Waals surface area contributed by atoms with E-state index >= 15 is 0 Å². The maximum atomic E-state index is 14.9. The fourth-order valence-electron chi connectivity index (χ4n) is 3.46. The molecule has 0 bridgehead atoms. The number of halogens is 1. The van der Waals surface area contributed by atoms with Gasteiger partial charge in [0.2, 0.25) is 5.91 Å². The first-order valence-electron chi connectivity index (χ1n) is 10.4. The standard InChI is InChI=1S/C24H28FN3O3Si/c1-8-20(29)27-19-11-15(10-18(25)14(19)4)21-17-9-16(24(30)31-13(2)3)12-26-22(17)28-23(21)32(5,6)7/h8-13H,1H2,2-7H3,(H,26,28)(H,27,29). The summed E-state index contributed by atoms with van der Waals surface area (Å²) in [4.78, 5) is 32.2. The van der Waals surface area contributed by atoms with Crippen molar-refractivity contribution in [3.05, 3.63) is 54.0 Å². The molecular formula is C24H28FN3O3Si. The molecule has 0 saturated carbocycles. The predicted molar refractivity (Wildman–Crippen MR) is 129 cm³/mol. The van der Waals surface area contributed by atoms with Crippen molar-refractivity contribution < 1.29 is 18.7 Å². The molecule has 0 saturated heterocycles. The Hall–Kier alpha value is -3.26. The van der Waals surface area contributed by atoms with Crippen molar-refractivity contribution in [2.45, 2.75) is 46.5 Å². The Morgan fingerprint density at radius 2 is 1.94 bits per heavy atom. The van der Waals surface area contributed by atoms with Gasteiger partial charge < -0.3 is 15.0 Å². The molecule has 2 aromatic heterocycles. The van der Waals surface area contributed by atoms with Crippen LogP contribution in [0.2, 0.25) is 19.6 Å². The van der Waals surface area contributed by atoms with Crippen molar-refractivity contribution in [2.24, 2.45) is 0 Å². The normalized spacial score (nSPS) is 11.6. The van der Waals surface area contributed by atoms with Crippen molar-refractivity contribution >= 4 is 42.0 Å². The summed E-state index contributed by atoms with van der Waals surface area (Å²) in [5.41, 5.74) is 2.99. The Morgan fingerprint density at radius 1 is 1.25 bits per heavy atom. The van der Waals surface area contributed by atoms with E-state index in [2.05, 4.69) is 41.5 Å². The zero-order valence-electron chi connectivity index (χ0n) is 19.2. The molecule has 168 valence electrons. The van der Waals surface area contributed by atoms with E-state index < -0.39 is 25.8 Å². The predicted octanol–water partition coefficient (Wildman–Crippen LogP) is 4.91. The maximum Gasteiger partial charge on any atom is 0.339 e. The molecular weight excluding hydrogens is 425 g/mol. The molecule has 32 heavy (non-hydrogen) atoms. The molecule has 1 amide bonds. The van der Waals surface area contributed by atoms with Crippen LogP contribution in [0.3, 0.4) is 0 Å². The van der Waals surface area contributed by atoms with Crippen LogP contribution in [-0.2, 0) is 9.53 Å². The molecule has 0 radical (unpaired) electrons. The van der Waals surface area contributed by atoms with Crippen LogP contribution < -0.4 is 10.6 Å². The van der Waals surface area contributed by atoms with Gasteiger partial charge in [0.05, 0.1) is 19.7 Å². The van der Waals surface area contributed by atoms with Crippen molar-refractivity contribution in [1.82, 2.24) is 9.97 Å². The van der Waals surface area contributed by atoms with Crippen molar-refractivity contribution in [3.63, 3.8) is 0 Å². The lowest BCUT2D eigenvalue weighted by atomic mass is 10.0. The quantitative estimate of drug-likeness (QED) is 0.315. The molecule has 0 unspecified atom stereocenters. The van der Waals surface area contributed by atoms with Crippen LogP contribution in [0, 0.1) is 12.7 Å². The van der Waals surface area contributed by atoms with Crippen molar-refractivity contribution in [1.29, 1.82) is 0 Å². The molecule has 3 aromatic rings. The second-order valence-corrected chi connectivity index (χ2v) is 14.0. The lowest BCUT2D eigenvalue weighted by Gasteiger charge is -2.18. The van der Waals surface area contributed by atoms with Crippen LogP contribution in [0.5, 0.6) is 0 Å². The van der Waals surface area contributed by atoms with Crippen molar-refractivity contribution in [3.8, 4) is 11.1 Å². The first kappa shape index (κ1) is 23.4. The summed E-state index contributed by atoms with van der Waals surface area (Å²) in [6.45, 7) is 15.1. The van der Waals surface area contributed by atoms with E-state index in [0.717, 1.165) is 17.0 Å². The highest BCUT2D eigenvalue weighted by atomic mass is 28.3. The van der Waals surface area contributed by atoms with Gasteiger partial charge in [-0.25, -0.2) is 14.2 Å². The number of carbonyl (C=O) groups excluding carboxylic acids is 2. The van der Waals surface area contributed by atoms with Gasteiger partial charge in [-0.1, -0.05) is 26.2 Å². The number of nitrogens with zero attached hydrogens (tertiary/aromatic N) is 1. The number of H-pyrrole nitrogens is 1. The molecule has 0 aliphatic heterocycles. The zero-order valence-corrected chi connectivity index (χ0v) is 20.2. The topological polar surface area (TPSA) is 84.1 Å². The van der Waals surface area contributed by atoms with Gasteiger partial charge in [-0.05, 0) is 50.6 Å². The number of pyridine rings is 1. The van der Waals surface area contributed by atoms with Crippen molar-refractivity contribution in [2.75, 3.05) is 5.32 Å². The number of esters is 1. The number of fused-ring (bicyclic) bond motifs is 1. The van der Waals surface area contributed by atoms with Gasteiger partial charge in [0, 0.05) is 33.7 Å². The van der Waals surface area contributed by atoms with Crippen LogP contribution in [0.15, 0.2) is 37.1 Å². The maximum absolute atomic E-state index is 14.9.